The second-order valence-electron chi connectivity index (χ2n) is 6.82. The highest BCUT2D eigenvalue weighted by molar-refractivity contribution is 5.02. The van der Waals surface area contributed by atoms with Crippen molar-refractivity contribution in [3.8, 4) is 0 Å². The molecule has 2 nitrogen and oxygen atoms in total. The Morgan fingerprint density at radius 2 is 1.78 bits per heavy atom. The van der Waals surface area contributed by atoms with Crippen LogP contribution in [0, 0.1) is 11.8 Å². The smallest absolute Gasteiger partial charge is 0.0362 e. The van der Waals surface area contributed by atoms with Crippen LogP contribution in [-0.2, 0) is 0 Å². The molecule has 3 unspecified atom stereocenters. The molecule has 106 valence electrons. The first-order chi connectivity index (χ1) is 8.64. The molecule has 0 aromatic heterocycles. The number of rotatable bonds is 4. The van der Waals surface area contributed by atoms with E-state index in [2.05, 4.69) is 25.7 Å². The van der Waals surface area contributed by atoms with Crippen LogP contribution in [0.1, 0.15) is 65.7 Å². The Hall–Kier alpha value is -0.0800. The van der Waals surface area contributed by atoms with Crippen molar-refractivity contribution in [1.82, 2.24) is 4.90 Å². The van der Waals surface area contributed by atoms with Crippen molar-refractivity contribution in [1.29, 1.82) is 0 Å². The molecule has 0 aromatic carbocycles. The molecule has 2 saturated carbocycles. The molecule has 2 heteroatoms. The maximum atomic E-state index is 6.29. The summed E-state index contributed by atoms with van der Waals surface area (Å²) in [5, 5.41) is 0. The summed E-state index contributed by atoms with van der Waals surface area (Å²) in [5.41, 5.74) is 6.59. The number of hydrogen-bond acceptors (Lipinski definition) is 2. The Bertz CT molecular complexity index is 260. The normalized spacial score (nSPS) is 38.5. The molecule has 0 aliphatic heterocycles. The zero-order chi connectivity index (χ0) is 13.2. The van der Waals surface area contributed by atoms with Crippen LogP contribution in [0.2, 0.25) is 0 Å². The molecule has 0 saturated heterocycles. The molecule has 0 bridgehead atoms. The predicted molar refractivity (Wildman–Crippen MR) is 78.6 cm³/mol. The lowest BCUT2D eigenvalue weighted by Crippen LogP contribution is -2.62. The summed E-state index contributed by atoms with van der Waals surface area (Å²) >= 11 is 0. The van der Waals surface area contributed by atoms with E-state index in [9.17, 15) is 0 Å². The molecule has 3 atom stereocenters. The minimum atomic E-state index is 0.293. The number of hydrogen-bond donors (Lipinski definition) is 1. The topological polar surface area (TPSA) is 29.3 Å². The summed E-state index contributed by atoms with van der Waals surface area (Å²) in [6.45, 7) is 9.22. The van der Waals surface area contributed by atoms with Crippen molar-refractivity contribution >= 4 is 0 Å². The lowest BCUT2D eigenvalue weighted by molar-refractivity contribution is -0.0276. The maximum Gasteiger partial charge on any atom is 0.0362 e. The first-order valence-electron chi connectivity index (χ1n) is 8.11. The van der Waals surface area contributed by atoms with Gasteiger partial charge in [0.1, 0.15) is 0 Å². The minimum absolute atomic E-state index is 0.293. The third-order valence-electron chi connectivity index (χ3n) is 5.74. The minimum Gasteiger partial charge on any atom is -0.329 e. The summed E-state index contributed by atoms with van der Waals surface area (Å²) < 4.78 is 0. The Kier molecular flexibility index (Phi) is 4.71. The van der Waals surface area contributed by atoms with E-state index in [-0.39, 0.29) is 0 Å². The van der Waals surface area contributed by atoms with Gasteiger partial charge in [0.25, 0.3) is 0 Å². The Morgan fingerprint density at radius 3 is 2.33 bits per heavy atom. The van der Waals surface area contributed by atoms with E-state index < -0.39 is 0 Å². The van der Waals surface area contributed by atoms with Crippen molar-refractivity contribution in [3.63, 3.8) is 0 Å². The van der Waals surface area contributed by atoms with Gasteiger partial charge in [0.2, 0.25) is 0 Å². The highest BCUT2D eigenvalue weighted by atomic mass is 15.2. The van der Waals surface area contributed by atoms with Crippen molar-refractivity contribution in [2.45, 2.75) is 77.3 Å². The third-order valence-corrected chi connectivity index (χ3v) is 5.74. The lowest BCUT2D eigenvalue weighted by Gasteiger charge is -2.54. The molecule has 0 spiro atoms. The van der Waals surface area contributed by atoms with E-state index in [4.69, 9.17) is 5.73 Å². The zero-order valence-electron chi connectivity index (χ0n) is 12.6. The Labute approximate surface area is 113 Å². The van der Waals surface area contributed by atoms with Crippen LogP contribution < -0.4 is 5.73 Å². The second-order valence-corrected chi connectivity index (χ2v) is 6.82. The second kappa shape index (κ2) is 5.92. The predicted octanol–water partition coefficient (Wildman–Crippen LogP) is 3.40. The molecule has 2 aliphatic carbocycles. The number of nitrogens with zero attached hydrogens (tertiary/aromatic N) is 1. The van der Waals surface area contributed by atoms with E-state index in [0.29, 0.717) is 5.54 Å². The van der Waals surface area contributed by atoms with Gasteiger partial charge in [0.15, 0.2) is 0 Å². The van der Waals surface area contributed by atoms with Crippen molar-refractivity contribution < 1.29 is 0 Å². The van der Waals surface area contributed by atoms with E-state index >= 15 is 0 Å². The summed E-state index contributed by atoms with van der Waals surface area (Å²) in [5.74, 6) is 1.61. The van der Waals surface area contributed by atoms with Crippen LogP contribution in [0.4, 0.5) is 0 Å². The van der Waals surface area contributed by atoms with Crippen LogP contribution in [0.5, 0.6) is 0 Å². The maximum absolute atomic E-state index is 6.29. The summed E-state index contributed by atoms with van der Waals surface area (Å²) in [6, 6.07) is 0.811. The molecule has 0 radical (unpaired) electrons. The average Bonchev–Trinajstić information content (AvgIpc) is 2.88. The molecule has 2 fully saturated rings. The van der Waals surface area contributed by atoms with Gasteiger partial charge in [-0.1, -0.05) is 40.0 Å². The van der Waals surface area contributed by atoms with Gasteiger partial charge in [-0.25, -0.2) is 0 Å². The van der Waals surface area contributed by atoms with E-state index in [1.807, 2.05) is 0 Å². The largest absolute Gasteiger partial charge is 0.329 e. The van der Waals surface area contributed by atoms with E-state index in [1.54, 1.807) is 0 Å². The van der Waals surface area contributed by atoms with Gasteiger partial charge in [-0.05, 0) is 44.1 Å². The zero-order valence-corrected chi connectivity index (χ0v) is 12.6. The van der Waals surface area contributed by atoms with Gasteiger partial charge in [-0.2, -0.15) is 0 Å². The fraction of sp³-hybridized carbons (Fsp3) is 1.00. The molecule has 2 N–H and O–H groups in total. The summed E-state index contributed by atoms with van der Waals surface area (Å²) in [7, 11) is 0. The van der Waals surface area contributed by atoms with E-state index in [1.165, 1.54) is 51.5 Å². The van der Waals surface area contributed by atoms with Gasteiger partial charge < -0.3 is 5.73 Å². The highest BCUT2D eigenvalue weighted by Crippen LogP contribution is 2.43. The van der Waals surface area contributed by atoms with Gasteiger partial charge in [0.05, 0.1) is 0 Å². The van der Waals surface area contributed by atoms with Crippen LogP contribution in [0.3, 0.4) is 0 Å². The molecule has 0 aromatic rings. The van der Waals surface area contributed by atoms with Crippen LogP contribution >= 0.6 is 0 Å². The van der Waals surface area contributed by atoms with Crippen molar-refractivity contribution in [2.75, 3.05) is 13.1 Å². The Balaban J connectivity index is 2.21. The molecule has 18 heavy (non-hydrogen) atoms. The van der Waals surface area contributed by atoms with Crippen LogP contribution in [-0.4, -0.2) is 29.6 Å². The molecule has 0 heterocycles. The number of nitrogens with two attached hydrogens (primary N) is 1. The monoisotopic (exact) mass is 252 g/mol. The lowest BCUT2D eigenvalue weighted by atomic mass is 9.68. The summed E-state index contributed by atoms with van der Waals surface area (Å²) in [6.07, 6.45) is 9.71. The average molecular weight is 252 g/mol. The Morgan fingerprint density at radius 1 is 1.11 bits per heavy atom. The highest BCUT2D eigenvalue weighted by Gasteiger charge is 2.46. The number of likely N-dealkylation sites (N-methyl/N-ethyl adjacent to an activating group) is 1. The molecule has 2 aliphatic rings. The third kappa shape index (κ3) is 2.46. The van der Waals surface area contributed by atoms with Crippen LogP contribution in [0.15, 0.2) is 0 Å². The van der Waals surface area contributed by atoms with Gasteiger partial charge in [-0.15, -0.1) is 0 Å². The molecular formula is C16H32N2. The van der Waals surface area contributed by atoms with Crippen molar-refractivity contribution in [3.05, 3.63) is 0 Å². The van der Waals surface area contributed by atoms with Gasteiger partial charge in [-0.3, -0.25) is 4.90 Å². The first-order valence-corrected chi connectivity index (χ1v) is 8.11. The fourth-order valence-electron chi connectivity index (χ4n) is 4.66. The van der Waals surface area contributed by atoms with E-state index in [0.717, 1.165) is 24.4 Å². The van der Waals surface area contributed by atoms with Crippen LogP contribution in [0.25, 0.3) is 0 Å². The fourth-order valence-corrected chi connectivity index (χ4v) is 4.66. The SMILES string of the molecule is CCN(C1CCCC1)C1(CN)CC(C)CCC1C. The molecule has 0 amide bonds. The van der Waals surface area contributed by atoms with Gasteiger partial charge >= 0.3 is 0 Å². The quantitative estimate of drug-likeness (QED) is 0.831. The molecule has 2 rings (SSSR count). The summed E-state index contributed by atoms with van der Waals surface area (Å²) in [4.78, 5) is 2.81. The molecular weight excluding hydrogens is 220 g/mol. The standard InChI is InChI=1S/C16H32N2/c1-4-18(15-7-5-6-8-15)16(12-17)11-13(2)9-10-14(16)3/h13-15H,4-12,17H2,1-3H3. The first kappa shape index (κ1) is 14.3. The van der Waals surface area contributed by atoms with Gasteiger partial charge in [0, 0.05) is 18.1 Å². The van der Waals surface area contributed by atoms with Crippen molar-refractivity contribution in [2.24, 2.45) is 17.6 Å².